The second-order valence-corrected chi connectivity index (χ2v) is 6.96. The molecule has 2 amide bonds. The van der Waals surface area contributed by atoms with Crippen LogP contribution in [0.4, 0.5) is 0 Å². The third-order valence-electron chi connectivity index (χ3n) is 4.28. The summed E-state index contributed by atoms with van der Waals surface area (Å²) in [4.78, 5) is 27.9. The van der Waals surface area contributed by atoms with E-state index in [0.29, 0.717) is 19.6 Å². The predicted octanol–water partition coefficient (Wildman–Crippen LogP) is 3.14. The van der Waals surface area contributed by atoms with Crippen LogP contribution in [-0.2, 0) is 16.1 Å². The van der Waals surface area contributed by atoms with Crippen molar-refractivity contribution in [2.45, 2.75) is 26.3 Å². The Balaban J connectivity index is 1.99. The predicted molar refractivity (Wildman–Crippen MR) is 94.9 cm³/mol. The molecule has 0 aliphatic carbocycles. The van der Waals surface area contributed by atoms with Crippen molar-refractivity contribution in [1.82, 2.24) is 9.80 Å². The minimum atomic E-state index is -0.116. The van der Waals surface area contributed by atoms with Crippen molar-refractivity contribution in [2.75, 3.05) is 20.1 Å². The van der Waals surface area contributed by atoms with Gasteiger partial charge in [-0.2, -0.15) is 0 Å². The minimum absolute atomic E-state index is 0.0892. The van der Waals surface area contributed by atoms with Gasteiger partial charge in [-0.15, -0.1) is 0 Å². The van der Waals surface area contributed by atoms with E-state index in [4.69, 9.17) is 0 Å². The maximum Gasteiger partial charge on any atom is 0.245 e. The van der Waals surface area contributed by atoms with E-state index in [0.717, 1.165) is 28.4 Å². The summed E-state index contributed by atoms with van der Waals surface area (Å²) in [5.41, 5.74) is 2.26. The molecule has 1 atom stereocenters. The summed E-state index contributed by atoms with van der Waals surface area (Å²) >= 11 is 3.49. The van der Waals surface area contributed by atoms with Crippen molar-refractivity contribution in [3.05, 3.63) is 46.5 Å². The highest BCUT2D eigenvalue weighted by Gasteiger charge is 2.29. The molecule has 23 heavy (non-hydrogen) atoms. The number of nitrogens with zero attached hydrogens (tertiary/aromatic N) is 2. The summed E-state index contributed by atoms with van der Waals surface area (Å²) in [5.74, 6) is -0.102. The van der Waals surface area contributed by atoms with Crippen LogP contribution in [0.25, 0.3) is 0 Å². The Hall–Kier alpha value is -1.62. The van der Waals surface area contributed by atoms with Crippen molar-refractivity contribution in [3.63, 3.8) is 0 Å². The van der Waals surface area contributed by atoms with Gasteiger partial charge in [0, 0.05) is 31.2 Å². The summed E-state index contributed by atoms with van der Waals surface area (Å²) in [6.07, 6.45) is 3.02. The smallest absolute Gasteiger partial charge is 0.245 e. The van der Waals surface area contributed by atoms with Gasteiger partial charge in [0.2, 0.25) is 11.8 Å². The van der Waals surface area contributed by atoms with E-state index in [9.17, 15) is 9.59 Å². The quantitative estimate of drug-likeness (QED) is 0.755. The molecule has 5 heteroatoms. The maximum absolute atomic E-state index is 12.7. The van der Waals surface area contributed by atoms with E-state index in [1.165, 1.54) is 6.08 Å². The Morgan fingerprint density at radius 2 is 2.22 bits per heavy atom. The SMILES string of the molecule is C=CC(=O)N1CCCC(C(=O)N(C)Cc2ccc(Br)c(C)c2)C1. The summed E-state index contributed by atoms with van der Waals surface area (Å²) in [7, 11) is 1.83. The lowest BCUT2D eigenvalue weighted by Gasteiger charge is -2.33. The molecule has 1 aromatic carbocycles. The van der Waals surface area contributed by atoms with Crippen LogP contribution < -0.4 is 0 Å². The lowest BCUT2D eigenvalue weighted by Crippen LogP contribution is -2.45. The number of carbonyl (C=O) groups excluding carboxylic acids is 2. The molecule has 4 nitrogen and oxygen atoms in total. The summed E-state index contributed by atoms with van der Waals surface area (Å²) in [6, 6.07) is 6.12. The Labute approximate surface area is 146 Å². The number of rotatable bonds is 4. The van der Waals surface area contributed by atoms with Crippen LogP contribution in [0.2, 0.25) is 0 Å². The Kier molecular flexibility index (Phi) is 5.99. The van der Waals surface area contributed by atoms with Crippen LogP contribution in [0.15, 0.2) is 35.3 Å². The summed E-state index contributed by atoms with van der Waals surface area (Å²) in [6.45, 7) is 7.35. The second-order valence-electron chi connectivity index (χ2n) is 6.11. The number of halogens is 1. The monoisotopic (exact) mass is 378 g/mol. The molecule has 1 heterocycles. The third-order valence-corrected chi connectivity index (χ3v) is 5.16. The molecular weight excluding hydrogens is 356 g/mol. The molecule has 0 spiro atoms. The first kappa shape index (κ1) is 17.7. The van der Waals surface area contributed by atoms with E-state index >= 15 is 0 Å². The van der Waals surface area contributed by atoms with Gasteiger partial charge in [0.1, 0.15) is 0 Å². The lowest BCUT2D eigenvalue weighted by atomic mass is 9.96. The molecule has 0 bridgehead atoms. The van der Waals surface area contributed by atoms with Crippen LogP contribution in [-0.4, -0.2) is 41.8 Å². The van der Waals surface area contributed by atoms with Gasteiger partial charge in [-0.1, -0.05) is 34.6 Å². The Morgan fingerprint density at radius 3 is 2.87 bits per heavy atom. The van der Waals surface area contributed by atoms with E-state index in [-0.39, 0.29) is 17.7 Å². The normalized spacial score (nSPS) is 17.7. The number of hydrogen-bond acceptors (Lipinski definition) is 2. The number of benzene rings is 1. The van der Waals surface area contributed by atoms with Crippen molar-refractivity contribution in [1.29, 1.82) is 0 Å². The summed E-state index contributed by atoms with van der Waals surface area (Å²) in [5, 5.41) is 0. The molecule has 0 N–H and O–H groups in total. The molecule has 1 unspecified atom stereocenters. The van der Waals surface area contributed by atoms with Gasteiger partial charge in [0.05, 0.1) is 5.92 Å². The first-order valence-electron chi connectivity index (χ1n) is 7.83. The van der Waals surface area contributed by atoms with Gasteiger partial charge in [0.25, 0.3) is 0 Å². The molecule has 1 aromatic rings. The van der Waals surface area contributed by atoms with Crippen molar-refractivity contribution < 1.29 is 9.59 Å². The molecule has 1 saturated heterocycles. The molecular formula is C18H23BrN2O2. The zero-order valence-corrected chi connectivity index (χ0v) is 15.3. The van der Waals surface area contributed by atoms with E-state index in [1.54, 1.807) is 9.80 Å². The second kappa shape index (κ2) is 7.77. The highest BCUT2D eigenvalue weighted by atomic mass is 79.9. The van der Waals surface area contributed by atoms with E-state index in [1.807, 2.05) is 26.1 Å². The van der Waals surface area contributed by atoms with Gasteiger partial charge >= 0.3 is 0 Å². The number of likely N-dealkylation sites (tertiary alicyclic amines) is 1. The van der Waals surface area contributed by atoms with Gasteiger partial charge in [-0.05, 0) is 43.0 Å². The summed E-state index contributed by atoms with van der Waals surface area (Å²) < 4.78 is 1.07. The van der Waals surface area contributed by atoms with E-state index < -0.39 is 0 Å². The standard InChI is InChI=1S/C18H23BrN2O2/c1-4-17(22)21-9-5-6-15(12-21)18(23)20(3)11-14-7-8-16(19)13(2)10-14/h4,7-8,10,15H,1,5-6,9,11-12H2,2-3H3. The number of carbonyl (C=O) groups is 2. The van der Waals surface area contributed by atoms with Gasteiger partial charge < -0.3 is 9.80 Å². The number of amides is 2. The van der Waals surface area contributed by atoms with Gasteiger partial charge in [-0.25, -0.2) is 0 Å². The zero-order valence-electron chi connectivity index (χ0n) is 13.7. The highest BCUT2D eigenvalue weighted by Crippen LogP contribution is 2.21. The number of hydrogen-bond donors (Lipinski definition) is 0. The molecule has 1 fully saturated rings. The van der Waals surface area contributed by atoms with Crippen molar-refractivity contribution in [2.24, 2.45) is 5.92 Å². The number of aryl methyl sites for hydroxylation is 1. The average molecular weight is 379 g/mol. The first-order valence-corrected chi connectivity index (χ1v) is 8.63. The van der Waals surface area contributed by atoms with Gasteiger partial charge in [0.15, 0.2) is 0 Å². The lowest BCUT2D eigenvalue weighted by molar-refractivity contribution is -0.138. The third kappa shape index (κ3) is 4.44. The fourth-order valence-corrected chi connectivity index (χ4v) is 3.22. The van der Waals surface area contributed by atoms with Crippen molar-refractivity contribution in [3.8, 4) is 0 Å². The average Bonchev–Trinajstić information content (AvgIpc) is 2.56. The molecule has 1 aliphatic heterocycles. The van der Waals surface area contributed by atoms with Crippen LogP contribution >= 0.6 is 15.9 Å². The Morgan fingerprint density at radius 1 is 1.48 bits per heavy atom. The maximum atomic E-state index is 12.7. The molecule has 0 radical (unpaired) electrons. The van der Waals surface area contributed by atoms with Crippen LogP contribution in [0.3, 0.4) is 0 Å². The van der Waals surface area contributed by atoms with Crippen molar-refractivity contribution >= 4 is 27.7 Å². The highest BCUT2D eigenvalue weighted by molar-refractivity contribution is 9.10. The number of piperidine rings is 1. The first-order chi connectivity index (χ1) is 10.9. The molecule has 124 valence electrons. The molecule has 2 rings (SSSR count). The van der Waals surface area contributed by atoms with Crippen LogP contribution in [0.1, 0.15) is 24.0 Å². The topological polar surface area (TPSA) is 40.6 Å². The minimum Gasteiger partial charge on any atom is -0.341 e. The fourth-order valence-electron chi connectivity index (χ4n) is 2.98. The molecule has 0 aromatic heterocycles. The largest absolute Gasteiger partial charge is 0.341 e. The van der Waals surface area contributed by atoms with Gasteiger partial charge in [-0.3, -0.25) is 9.59 Å². The van der Waals surface area contributed by atoms with Crippen LogP contribution in [0, 0.1) is 12.8 Å². The fraction of sp³-hybridized carbons (Fsp3) is 0.444. The molecule has 1 aliphatic rings. The zero-order chi connectivity index (χ0) is 17.0. The molecule has 0 saturated carbocycles. The van der Waals surface area contributed by atoms with E-state index in [2.05, 4.69) is 28.6 Å². The Bertz CT molecular complexity index is 615. The van der Waals surface area contributed by atoms with Crippen LogP contribution in [0.5, 0.6) is 0 Å².